The molecule has 0 aliphatic carbocycles. The normalized spacial score (nSPS) is 19.1. The van der Waals surface area contributed by atoms with Crippen molar-refractivity contribution in [2.75, 3.05) is 5.75 Å². The third-order valence-electron chi connectivity index (χ3n) is 3.88. The third-order valence-corrected chi connectivity index (χ3v) is 4.76. The molecule has 1 aromatic carbocycles. The fourth-order valence-electron chi connectivity index (χ4n) is 2.82. The number of para-hydroxylation sites is 2. The molecular weight excluding hydrogens is 312 g/mol. The largest absolute Gasteiger partial charge is 0.345 e. The molecule has 1 fully saturated rings. The van der Waals surface area contributed by atoms with E-state index in [0.29, 0.717) is 5.75 Å². The lowest BCUT2D eigenvalue weighted by Gasteiger charge is -2.20. The second kappa shape index (κ2) is 6.23. The minimum atomic E-state index is -0.466. The highest BCUT2D eigenvalue weighted by Gasteiger charge is 2.30. The topological polar surface area (TPSA) is 76.0 Å². The van der Waals surface area contributed by atoms with E-state index in [4.69, 9.17) is 0 Å². The lowest BCUT2D eigenvalue weighted by Crippen LogP contribution is -2.44. The molecule has 2 aromatic rings. The van der Waals surface area contributed by atoms with E-state index in [1.54, 1.807) is 0 Å². The highest BCUT2D eigenvalue weighted by atomic mass is 32.2. The highest BCUT2D eigenvalue weighted by molar-refractivity contribution is 8.14. The van der Waals surface area contributed by atoms with Crippen molar-refractivity contribution in [3.05, 3.63) is 30.1 Å². The zero-order chi connectivity index (χ0) is 16.6. The standard InChI is InChI=1S/C16H20N4O2S/c1-9(2)20-13-7-5-4-6-11(13)18-14(20)10(3)17-15(21)12-8-23-16(22)19-12/h4-7,9-10,12H,8H2,1-3H3,(H,17,21)(H,19,22)/t10-,12+/m1/s1. The van der Waals surface area contributed by atoms with Gasteiger partial charge in [-0.05, 0) is 32.9 Å². The van der Waals surface area contributed by atoms with Crippen molar-refractivity contribution in [2.24, 2.45) is 0 Å². The molecule has 2 atom stereocenters. The van der Waals surface area contributed by atoms with Crippen molar-refractivity contribution in [3.63, 3.8) is 0 Å². The van der Waals surface area contributed by atoms with E-state index in [1.165, 1.54) is 0 Å². The molecule has 2 heterocycles. The minimum Gasteiger partial charge on any atom is -0.345 e. The van der Waals surface area contributed by atoms with Crippen molar-refractivity contribution in [2.45, 2.75) is 38.9 Å². The summed E-state index contributed by atoms with van der Waals surface area (Å²) >= 11 is 1.14. The van der Waals surface area contributed by atoms with Gasteiger partial charge in [0, 0.05) is 11.8 Å². The van der Waals surface area contributed by atoms with Crippen LogP contribution >= 0.6 is 11.8 Å². The number of thioether (sulfide) groups is 1. The Balaban J connectivity index is 1.85. The van der Waals surface area contributed by atoms with Gasteiger partial charge in [-0.3, -0.25) is 9.59 Å². The van der Waals surface area contributed by atoms with Crippen LogP contribution in [0.2, 0.25) is 0 Å². The van der Waals surface area contributed by atoms with Crippen LogP contribution in [0.5, 0.6) is 0 Å². The van der Waals surface area contributed by atoms with Gasteiger partial charge in [-0.15, -0.1) is 0 Å². The summed E-state index contributed by atoms with van der Waals surface area (Å²) in [5.74, 6) is 1.13. The Morgan fingerprint density at radius 1 is 1.39 bits per heavy atom. The molecule has 7 heteroatoms. The number of rotatable bonds is 4. The van der Waals surface area contributed by atoms with Crippen LogP contribution in [0.25, 0.3) is 11.0 Å². The monoisotopic (exact) mass is 332 g/mol. The SMILES string of the molecule is CC(C)n1c([C@@H](C)NC(=O)[C@@H]2CSC(=O)N2)nc2ccccc21. The number of carbonyl (C=O) groups excluding carboxylic acids is 2. The number of nitrogens with one attached hydrogen (secondary N) is 2. The van der Waals surface area contributed by atoms with Crippen LogP contribution in [0, 0.1) is 0 Å². The average molecular weight is 332 g/mol. The zero-order valence-corrected chi connectivity index (χ0v) is 14.2. The lowest BCUT2D eigenvalue weighted by molar-refractivity contribution is -0.123. The molecular formula is C16H20N4O2S. The van der Waals surface area contributed by atoms with Crippen LogP contribution in [0.1, 0.15) is 38.7 Å². The molecule has 2 N–H and O–H groups in total. The van der Waals surface area contributed by atoms with Crippen molar-refractivity contribution in [1.82, 2.24) is 20.2 Å². The number of carbonyl (C=O) groups is 2. The maximum atomic E-state index is 12.3. The highest BCUT2D eigenvalue weighted by Crippen LogP contribution is 2.25. The lowest BCUT2D eigenvalue weighted by atomic mass is 10.2. The van der Waals surface area contributed by atoms with Gasteiger partial charge in [0.15, 0.2) is 0 Å². The number of fused-ring (bicyclic) bond motifs is 1. The molecule has 23 heavy (non-hydrogen) atoms. The van der Waals surface area contributed by atoms with E-state index >= 15 is 0 Å². The molecule has 1 aliphatic rings. The zero-order valence-electron chi connectivity index (χ0n) is 13.4. The van der Waals surface area contributed by atoms with E-state index in [1.807, 2.05) is 31.2 Å². The summed E-state index contributed by atoms with van der Waals surface area (Å²) in [6.45, 7) is 6.11. The molecule has 3 rings (SSSR count). The molecule has 6 nitrogen and oxygen atoms in total. The summed E-state index contributed by atoms with van der Waals surface area (Å²) in [5, 5.41) is 5.48. The Labute approximate surface area is 139 Å². The Morgan fingerprint density at radius 2 is 2.13 bits per heavy atom. The second-order valence-electron chi connectivity index (χ2n) is 5.95. The molecule has 0 spiro atoms. The van der Waals surface area contributed by atoms with Crippen LogP contribution < -0.4 is 10.6 Å². The number of imidazole rings is 1. The molecule has 2 amide bonds. The summed E-state index contributed by atoms with van der Waals surface area (Å²) in [7, 11) is 0. The molecule has 122 valence electrons. The maximum absolute atomic E-state index is 12.3. The number of amides is 2. The van der Waals surface area contributed by atoms with Gasteiger partial charge in [-0.1, -0.05) is 23.9 Å². The van der Waals surface area contributed by atoms with E-state index in [-0.39, 0.29) is 23.2 Å². The molecule has 1 saturated heterocycles. The van der Waals surface area contributed by atoms with E-state index in [2.05, 4.69) is 34.0 Å². The number of hydrogen-bond donors (Lipinski definition) is 2. The fourth-order valence-corrected chi connectivity index (χ4v) is 3.59. The van der Waals surface area contributed by atoms with Gasteiger partial charge in [0.05, 0.1) is 17.1 Å². The Morgan fingerprint density at radius 3 is 2.78 bits per heavy atom. The van der Waals surface area contributed by atoms with Crippen molar-refractivity contribution in [1.29, 1.82) is 0 Å². The summed E-state index contributed by atoms with van der Waals surface area (Å²) < 4.78 is 2.14. The Hall–Kier alpha value is -2.02. The van der Waals surface area contributed by atoms with E-state index < -0.39 is 6.04 Å². The quantitative estimate of drug-likeness (QED) is 0.902. The van der Waals surface area contributed by atoms with Gasteiger partial charge in [0.1, 0.15) is 11.9 Å². The van der Waals surface area contributed by atoms with Crippen molar-refractivity contribution >= 4 is 33.9 Å². The predicted octanol–water partition coefficient (Wildman–Crippen LogP) is 2.62. The smallest absolute Gasteiger partial charge is 0.279 e. The Bertz CT molecular complexity index is 756. The van der Waals surface area contributed by atoms with Gasteiger partial charge in [-0.25, -0.2) is 4.98 Å². The van der Waals surface area contributed by atoms with Crippen LogP contribution in [0.4, 0.5) is 4.79 Å². The van der Waals surface area contributed by atoms with Crippen molar-refractivity contribution < 1.29 is 9.59 Å². The third kappa shape index (κ3) is 3.06. The van der Waals surface area contributed by atoms with Gasteiger partial charge < -0.3 is 15.2 Å². The first-order valence-corrected chi connectivity index (χ1v) is 8.66. The molecule has 0 saturated carbocycles. The minimum absolute atomic E-state index is 0.146. The van der Waals surface area contributed by atoms with Crippen molar-refractivity contribution in [3.8, 4) is 0 Å². The van der Waals surface area contributed by atoms with Gasteiger partial charge in [-0.2, -0.15) is 0 Å². The first-order chi connectivity index (χ1) is 11.0. The summed E-state index contributed by atoms with van der Waals surface area (Å²) in [4.78, 5) is 28.2. The summed E-state index contributed by atoms with van der Waals surface area (Å²) in [6.07, 6.45) is 0. The van der Waals surface area contributed by atoms with Gasteiger partial charge >= 0.3 is 0 Å². The number of hydrogen-bond acceptors (Lipinski definition) is 4. The van der Waals surface area contributed by atoms with E-state index in [9.17, 15) is 9.59 Å². The average Bonchev–Trinajstić information content (AvgIpc) is 3.10. The maximum Gasteiger partial charge on any atom is 0.279 e. The molecule has 1 aromatic heterocycles. The Kier molecular flexibility index (Phi) is 4.30. The predicted molar refractivity (Wildman–Crippen MR) is 91.5 cm³/mol. The molecule has 0 radical (unpaired) electrons. The van der Waals surface area contributed by atoms with Crippen LogP contribution in [0.15, 0.2) is 24.3 Å². The van der Waals surface area contributed by atoms with Gasteiger partial charge in [0.25, 0.3) is 5.24 Å². The number of aromatic nitrogens is 2. The van der Waals surface area contributed by atoms with Crippen LogP contribution in [-0.2, 0) is 4.79 Å². The molecule has 1 aliphatic heterocycles. The first kappa shape index (κ1) is 15.9. The van der Waals surface area contributed by atoms with Gasteiger partial charge in [0.2, 0.25) is 5.91 Å². The summed E-state index contributed by atoms with van der Waals surface area (Å²) in [5.41, 5.74) is 1.98. The molecule has 0 unspecified atom stereocenters. The fraction of sp³-hybridized carbons (Fsp3) is 0.438. The van der Waals surface area contributed by atoms with Crippen LogP contribution in [-0.4, -0.2) is 32.5 Å². The molecule has 0 bridgehead atoms. The number of nitrogens with zero attached hydrogens (tertiary/aromatic N) is 2. The van der Waals surface area contributed by atoms with E-state index in [0.717, 1.165) is 28.6 Å². The number of benzene rings is 1. The summed E-state index contributed by atoms with van der Waals surface area (Å²) in [6, 6.07) is 7.48. The first-order valence-electron chi connectivity index (χ1n) is 7.68. The van der Waals surface area contributed by atoms with Crippen LogP contribution in [0.3, 0.4) is 0 Å². The second-order valence-corrected chi connectivity index (χ2v) is 6.94.